The van der Waals surface area contributed by atoms with Crippen LogP contribution in [0.4, 0.5) is 9.18 Å². The zero-order chi connectivity index (χ0) is 19.5. The molecule has 1 amide bonds. The van der Waals surface area contributed by atoms with Crippen molar-refractivity contribution in [3.8, 4) is 5.75 Å². The van der Waals surface area contributed by atoms with E-state index >= 15 is 0 Å². The fourth-order valence-electron chi connectivity index (χ4n) is 3.33. The smallest absolute Gasteiger partial charge is 0.408 e. The molecule has 2 aromatic rings. The van der Waals surface area contributed by atoms with Gasteiger partial charge in [0.15, 0.2) is 11.6 Å². The molecule has 4 rings (SSSR count). The van der Waals surface area contributed by atoms with Crippen molar-refractivity contribution in [3.05, 3.63) is 54.0 Å². The molecule has 1 saturated heterocycles. The Hall–Kier alpha value is -3.03. The number of halogens is 1. The van der Waals surface area contributed by atoms with E-state index in [2.05, 4.69) is 15.1 Å². The number of hydrogen-bond acceptors (Lipinski definition) is 6. The number of pyridine rings is 1. The van der Waals surface area contributed by atoms with E-state index in [0.29, 0.717) is 42.7 Å². The average Bonchev–Trinajstić information content (AvgIpc) is 3.20. The molecule has 146 valence electrons. The van der Waals surface area contributed by atoms with E-state index in [9.17, 15) is 9.18 Å². The molecule has 2 aromatic heterocycles. The normalized spacial score (nSPS) is 20.1. The van der Waals surface area contributed by atoms with E-state index in [1.54, 1.807) is 42.3 Å². The van der Waals surface area contributed by atoms with Crippen LogP contribution in [0.3, 0.4) is 0 Å². The Bertz CT molecular complexity index is 916. The van der Waals surface area contributed by atoms with Crippen LogP contribution in [-0.2, 0) is 0 Å². The van der Waals surface area contributed by atoms with Crippen LogP contribution in [0, 0.1) is 6.92 Å². The summed E-state index contributed by atoms with van der Waals surface area (Å²) < 4.78 is 24.0. The molecule has 3 heterocycles. The van der Waals surface area contributed by atoms with Gasteiger partial charge in [-0.2, -0.15) is 4.98 Å². The van der Waals surface area contributed by atoms with Gasteiger partial charge in [0.25, 0.3) is 5.89 Å². The van der Waals surface area contributed by atoms with Gasteiger partial charge in [0.1, 0.15) is 6.17 Å². The minimum absolute atomic E-state index is 0.115. The number of allylic oxidation sites excluding steroid dienone is 4. The number of amides is 1. The lowest BCUT2D eigenvalue weighted by molar-refractivity contribution is 0.137. The van der Waals surface area contributed by atoms with Crippen LogP contribution in [0.25, 0.3) is 5.57 Å². The molecule has 1 fully saturated rings. The minimum Gasteiger partial charge on any atom is -0.408 e. The lowest BCUT2D eigenvalue weighted by atomic mass is 9.96. The van der Waals surface area contributed by atoms with Crippen LogP contribution >= 0.6 is 0 Å². The molecule has 1 aliphatic carbocycles. The highest BCUT2D eigenvalue weighted by atomic mass is 19.1. The van der Waals surface area contributed by atoms with Crippen molar-refractivity contribution < 1.29 is 18.4 Å². The Balaban J connectivity index is 1.34. The molecule has 0 radical (unpaired) electrons. The number of piperidine rings is 1. The molecular formula is C20H21FN4O3. The van der Waals surface area contributed by atoms with Crippen molar-refractivity contribution in [2.75, 3.05) is 13.1 Å². The maximum Gasteiger partial charge on any atom is 0.415 e. The van der Waals surface area contributed by atoms with Gasteiger partial charge in [0.2, 0.25) is 0 Å². The molecule has 8 heteroatoms. The average molecular weight is 384 g/mol. The summed E-state index contributed by atoms with van der Waals surface area (Å²) in [5, 5.41) is 4.09. The van der Waals surface area contributed by atoms with Gasteiger partial charge >= 0.3 is 6.09 Å². The Morgan fingerprint density at radius 3 is 2.89 bits per heavy atom. The third-order valence-electron chi connectivity index (χ3n) is 5.01. The molecule has 28 heavy (non-hydrogen) atoms. The van der Waals surface area contributed by atoms with E-state index in [4.69, 9.17) is 9.26 Å². The number of carbonyl (C=O) groups is 1. The highest BCUT2D eigenvalue weighted by molar-refractivity contribution is 5.71. The molecule has 0 spiro atoms. The van der Waals surface area contributed by atoms with Gasteiger partial charge < -0.3 is 14.2 Å². The predicted molar refractivity (Wildman–Crippen MR) is 99.5 cm³/mol. The van der Waals surface area contributed by atoms with Crippen LogP contribution in [-0.4, -0.2) is 45.4 Å². The standard InChI is InChI=1S/C20H21FN4O3/c1-13-17(3-2-10-22-13)27-20(26)25-11-8-14(9-12-25)18-23-19(28-24-18)15-4-6-16(21)7-5-15/h2-6,10,14,16H,7-9,11-12H2,1H3. The maximum absolute atomic E-state index is 13.2. The quantitative estimate of drug-likeness (QED) is 0.800. The van der Waals surface area contributed by atoms with Gasteiger partial charge in [-0.15, -0.1) is 0 Å². The van der Waals surface area contributed by atoms with Gasteiger partial charge in [-0.05, 0) is 38.0 Å². The molecule has 1 aliphatic heterocycles. The zero-order valence-corrected chi connectivity index (χ0v) is 15.5. The molecule has 2 aliphatic rings. The predicted octanol–water partition coefficient (Wildman–Crippen LogP) is 3.83. The van der Waals surface area contributed by atoms with Gasteiger partial charge in [-0.1, -0.05) is 17.3 Å². The molecule has 1 unspecified atom stereocenters. The number of rotatable bonds is 3. The summed E-state index contributed by atoms with van der Waals surface area (Å²) in [6, 6.07) is 3.47. The molecule has 0 saturated carbocycles. The van der Waals surface area contributed by atoms with Crippen molar-refractivity contribution in [2.45, 2.75) is 38.3 Å². The second kappa shape index (κ2) is 7.92. The number of aryl methyl sites for hydroxylation is 1. The highest BCUT2D eigenvalue weighted by Crippen LogP contribution is 2.29. The number of carbonyl (C=O) groups excluding carboxylic acids is 1. The van der Waals surface area contributed by atoms with Crippen molar-refractivity contribution in [3.63, 3.8) is 0 Å². The fraction of sp³-hybridized carbons (Fsp3) is 0.400. The van der Waals surface area contributed by atoms with Crippen molar-refractivity contribution >= 4 is 11.7 Å². The van der Waals surface area contributed by atoms with Crippen molar-refractivity contribution in [2.24, 2.45) is 0 Å². The van der Waals surface area contributed by atoms with E-state index in [0.717, 1.165) is 18.4 Å². The van der Waals surface area contributed by atoms with Crippen LogP contribution < -0.4 is 4.74 Å². The summed E-state index contributed by atoms with van der Waals surface area (Å²) in [5.41, 5.74) is 1.43. The van der Waals surface area contributed by atoms with E-state index in [1.165, 1.54) is 6.08 Å². The topological polar surface area (TPSA) is 81.4 Å². The first kappa shape index (κ1) is 18.3. The monoisotopic (exact) mass is 384 g/mol. The first-order chi connectivity index (χ1) is 13.6. The Morgan fingerprint density at radius 2 is 2.18 bits per heavy atom. The van der Waals surface area contributed by atoms with Crippen LogP contribution in [0.15, 0.2) is 41.1 Å². The highest BCUT2D eigenvalue weighted by Gasteiger charge is 2.28. The van der Waals surface area contributed by atoms with E-state index in [1.807, 2.05) is 0 Å². The van der Waals surface area contributed by atoms with E-state index in [-0.39, 0.29) is 12.0 Å². The lowest BCUT2D eigenvalue weighted by Crippen LogP contribution is -2.39. The van der Waals surface area contributed by atoms with Gasteiger partial charge in [0, 0.05) is 37.2 Å². The summed E-state index contributed by atoms with van der Waals surface area (Å²) in [5.74, 6) is 1.63. The molecular weight excluding hydrogens is 363 g/mol. The minimum atomic E-state index is -0.953. The van der Waals surface area contributed by atoms with Gasteiger partial charge in [-0.25, -0.2) is 9.18 Å². The van der Waals surface area contributed by atoms with Crippen molar-refractivity contribution in [1.29, 1.82) is 0 Å². The molecule has 0 N–H and O–H groups in total. The first-order valence-corrected chi connectivity index (χ1v) is 9.35. The fourth-order valence-corrected chi connectivity index (χ4v) is 3.33. The van der Waals surface area contributed by atoms with Crippen LogP contribution in [0.2, 0.25) is 0 Å². The summed E-state index contributed by atoms with van der Waals surface area (Å²) in [6.07, 6.45) is 7.03. The Labute approximate surface area is 161 Å². The largest absolute Gasteiger partial charge is 0.415 e. The Morgan fingerprint density at radius 1 is 1.36 bits per heavy atom. The van der Waals surface area contributed by atoms with Crippen LogP contribution in [0.5, 0.6) is 5.75 Å². The number of aromatic nitrogens is 3. The number of hydrogen-bond donors (Lipinski definition) is 0. The van der Waals surface area contributed by atoms with Gasteiger partial charge in [-0.3, -0.25) is 4.98 Å². The summed E-state index contributed by atoms with van der Waals surface area (Å²) in [6.45, 7) is 2.91. The first-order valence-electron chi connectivity index (χ1n) is 9.35. The Kier molecular flexibility index (Phi) is 5.18. The molecule has 7 nitrogen and oxygen atoms in total. The molecule has 1 atom stereocenters. The number of nitrogens with zero attached hydrogens (tertiary/aromatic N) is 4. The second-order valence-electron chi connectivity index (χ2n) is 6.94. The van der Waals surface area contributed by atoms with Gasteiger partial charge in [0.05, 0.1) is 5.69 Å². The second-order valence-corrected chi connectivity index (χ2v) is 6.94. The van der Waals surface area contributed by atoms with Crippen LogP contribution in [0.1, 0.15) is 42.6 Å². The number of likely N-dealkylation sites (tertiary alicyclic amines) is 1. The van der Waals surface area contributed by atoms with E-state index < -0.39 is 6.17 Å². The molecule has 0 bridgehead atoms. The van der Waals surface area contributed by atoms with Crippen molar-refractivity contribution in [1.82, 2.24) is 20.0 Å². The summed E-state index contributed by atoms with van der Waals surface area (Å²) in [7, 11) is 0. The number of ether oxygens (including phenoxy) is 1. The summed E-state index contributed by atoms with van der Waals surface area (Å²) in [4.78, 5) is 22.6. The maximum atomic E-state index is 13.2. The summed E-state index contributed by atoms with van der Waals surface area (Å²) >= 11 is 0. The zero-order valence-electron chi connectivity index (χ0n) is 15.5. The third-order valence-corrected chi connectivity index (χ3v) is 5.01. The lowest BCUT2D eigenvalue weighted by Gasteiger charge is -2.29. The molecule has 0 aromatic carbocycles. The number of alkyl halides is 1. The SMILES string of the molecule is Cc1ncccc1OC(=O)N1CCC(c2noc(C3=CCC(F)C=C3)n2)CC1. The third kappa shape index (κ3) is 3.95.